The summed E-state index contributed by atoms with van der Waals surface area (Å²) in [5.41, 5.74) is 3.84. The number of ether oxygens (including phenoxy) is 1. The molecule has 0 saturated heterocycles. The van der Waals surface area contributed by atoms with Crippen molar-refractivity contribution < 1.29 is 4.74 Å². The molecule has 0 bridgehead atoms. The molecule has 142 valence electrons. The molecule has 1 aromatic carbocycles. The van der Waals surface area contributed by atoms with Crippen LogP contribution in [0.25, 0.3) is 0 Å². The molecule has 1 aromatic rings. The summed E-state index contributed by atoms with van der Waals surface area (Å²) in [6.07, 6.45) is 2.02. The Bertz CT molecular complexity index is 543. The van der Waals surface area contributed by atoms with Crippen molar-refractivity contribution in [2.45, 2.75) is 53.1 Å². The Labute approximate surface area is 156 Å². The summed E-state index contributed by atoms with van der Waals surface area (Å²) in [6, 6.07) is 6.71. The number of aliphatic imine (C=N–C) groups is 1. The van der Waals surface area contributed by atoms with Crippen LogP contribution in [0, 0.1) is 13.8 Å². The molecule has 0 fully saturated rings. The van der Waals surface area contributed by atoms with Crippen molar-refractivity contribution in [1.82, 2.24) is 4.98 Å². The number of benzene rings is 1. The number of nitrogens with zero attached hydrogens (tertiary/aromatic N) is 2. The first-order chi connectivity index (χ1) is 11.5. The van der Waals surface area contributed by atoms with E-state index in [9.17, 15) is 0 Å². The van der Waals surface area contributed by atoms with Crippen molar-refractivity contribution >= 4 is 28.5 Å². The van der Waals surface area contributed by atoms with Gasteiger partial charge in [0.1, 0.15) is 8.24 Å². The Balaban J connectivity index is 2.53. The van der Waals surface area contributed by atoms with Crippen LogP contribution in [0.4, 0.5) is 5.69 Å². The lowest BCUT2D eigenvalue weighted by molar-refractivity contribution is 0.147. The maximum absolute atomic E-state index is 5.68. The van der Waals surface area contributed by atoms with Crippen LogP contribution in [0.2, 0.25) is 39.3 Å². The minimum Gasteiger partial charge on any atom is -0.378 e. The van der Waals surface area contributed by atoms with Crippen molar-refractivity contribution in [3.63, 3.8) is 0 Å². The third-order valence-electron chi connectivity index (χ3n) is 3.67. The minimum atomic E-state index is -1.54. The van der Waals surface area contributed by atoms with E-state index in [1.54, 1.807) is 0 Å². The van der Waals surface area contributed by atoms with Crippen molar-refractivity contribution in [2.24, 2.45) is 4.99 Å². The van der Waals surface area contributed by atoms with Gasteiger partial charge in [0.15, 0.2) is 8.24 Å². The number of nitrogens with one attached hydrogen (secondary N) is 1. The summed E-state index contributed by atoms with van der Waals surface area (Å²) in [5.74, 6) is 0. The van der Waals surface area contributed by atoms with Gasteiger partial charge in [-0.25, -0.2) is 0 Å². The summed E-state index contributed by atoms with van der Waals surface area (Å²) < 4.78 is 8.05. The molecule has 0 radical (unpaired) electrons. The molecular weight excluding hydrogens is 342 g/mol. The fourth-order valence-electron chi connectivity index (χ4n) is 2.57. The Morgan fingerprint density at radius 1 is 1.00 bits per heavy atom. The van der Waals surface area contributed by atoms with Gasteiger partial charge in [-0.1, -0.05) is 45.3 Å². The molecule has 25 heavy (non-hydrogen) atoms. The SMILES string of the molecule is Cc1cc(C)cc(N(C=NCCOCCN[Si](C)(C)C)[Si](C)(C)C)c1. The van der Waals surface area contributed by atoms with E-state index in [0.29, 0.717) is 13.2 Å². The van der Waals surface area contributed by atoms with E-state index >= 15 is 0 Å². The zero-order valence-electron chi connectivity index (χ0n) is 17.4. The summed E-state index contributed by atoms with van der Waals surface area (Å²) in [6.45, 7) is 21.3. The Kier molecular flexibility index (Phi) is 8.54. The van der Waals surface area contributed by atoms with Gasteiger partial charge in [-0.15, -0.1) is 0 Å². The lowest BCUT2D eigenvalue weighted by atomic mass is 10.1. The Morgan fingerprint density at radius 3 is 2.12 bits per heavy atom. The zero-order valence-corrected chi connectivity index (χ0v) is 19.4. The fraction of sp³-hybridized carbons (Fsp3) is 0.632. The second kappa shape index (κ2) is 9.66. The van der Waals surface area contributed by atoms with Crippen molar-refractivity contribution in [1.29, 1.82) is 0 Å². The topological polar surface area (TPSA) is 36.9 Å². The molecule has 0 aromatic heterocycles. The van der Waals surface area contributed by atoms with Crippen LogP contribution in [0.15, 0.2) is 23.2 Å². The fourth-order valence-corrected chi connectivity index (χ4v) is 4.76. The second-order valence-electron chi connectivity index (χ2n) is 8.70. The predicted octanol–water partition coefficient (Wildman–Crippen LogP) is 4.41. The highest BCUT2D eigenvalue weighted by Gasteiger charge is 2.23. The summed E-state index contributed by atoms with van der Waals surface area (Å²) >= 11 is 0. The molecule has 0 aliphatic heterocycles. The van der Waals surface area contributed by atoms with Gasteiger partial charge < -0.3 is 14.3 Å². The Hall–Kier alpha value is -0.956. The van der Waals surface area contributed by atoms with Crippen LogP contribution in [0.1, 0.15) is 11.1 Å². The highest BCUT2D eigenvalue weighted by Crippen LogP contribution is 2.23. The molecule has 0 aliphatic rings. The summed E-state index contributed by atoms with van der Waals surface area (Å²) in [5, 5.41) is 0. The predicted molar refractivity (Wildman–Crippen MR) is 117 cm³/mol. The first-order valence-corrected chi connectivity index (χ1v) is 16.1. The van der Waals surface area contributed by atoms with E-state index in [4.69, 9.17) is 4.74 Å². The molecule has 0 unspecified atom stereocenters. The third-order valence-corrected chi connectivity index (χ3v) is 6.80. The highest BCUT2D eigenvalue weighted by atomic mass is 28.3. The minimum absolute atomic E-state index is 0.677. The van der Waals surface area contributed by atoms with Crippen LogP contribution < -0.4 is 9.55 Å². The number of hydrogen-bond donors (Lipinski definition) is 1. The van der Waals surface area contributed by atoms with Gasteiger partial charge >= 0.3 is 0 Å². The van der Waals surface area contributed by atoms with E-state index in [-0.39, 0.29) is 0 Å². The first-order valence-electron chi connectivity index (χ1n) is 9.19. The Morgan fingerprint density at radius 2 is 1.60 bits per heavy atom. The molecule has 1 N–H and O–H groups in total. The molecule has 0 amide bonds. The lowest BCUT2D eigenvalue weighted by Crippen LogP contribution is -2.45. The number of rotatable bonds is 10. The number of hydrogen-bond acceptors (Lipinski definition) is 3. The molecule has 0 spiro atoms. The normalized spacial score (nSPS) is 12.8. The van der Waals surface area contributed by atoms with Crippen LogP contribution in [0.5, 0.6) is 0 Å². The van der Waals surface area contributed by atoms with Crippen LogP contribution in [-0.4, -0.2) is 49.1 Å². The molecule has 4 nitrogen and oxygen atoms in total. The average molecular weight is 380 g/mol. The monoisotopic (exact) mass is 379 g/mol. The molecule has 6 heteroatoms. The van der Waals surface area contributed by atoms with Crippen molar-refractivity contribution in [3.8, 4) is 0 Å². The number of anilines is 1. The largest absolute Gasteiger partial charge is 0.378 e. The van der Waals surface area contributed by atoms with Crippen molar-refractivity contribution in [3.05, 3.63) is 29.3 Å². The quantitative estimate of drug-likeness (QED) is 0.283. The standard InChI is InChI=1S/C19H37N3OSi2/c1-17-13-18(2)15-19(14-17)22(25(6,7)8)16-20-9-11-23-12-10-21-24(3,4)5/h13-16,21H,9-12H2,1-8H3. The zero-order chi connectivity index (χ0) is 19.1. The van der Waals surface area contributed by atoms with Crippen LogP contribution >= 0.6 is 0 Å². The molecule has 0 aliphatic carbocycles. The maximum Gasteiger partial charge on any atom is 0.154 e. The van der Waals surface area contributed by atoms with E-state index < -0.39 is 16.5 Å². The lowest BCUT2D eigenvalue weighted by Gasteiger charge is -2.33. The van der Waals surface area contributed by atoms with Gasteiger partial charge in [0.25, 0.3) is 0 Å². The molecule has 0 heterocycles. The van der Waals surface area contributed by atoms with E-state index in [2.05, 4.69) is 85.9 Å². The summed E-state index contributed by atoms with van der Waals surface area (Å²) in [7, 11) is -2.71. The second-order valence-corrected chi connectivity index (χ2v) is 18.4. The summed E-state index contributed by atoms with van der Waals surface area (Å²) in [4.78, 5) is 8.17. The van der Waals surface area contributed by atoms with Crippen LogP contribution in [-0.2, 0) is 4.74 Å². The first kappa shape index (κ1) is 22.1. The number of aryl methyl sites for hydroxylation is 2. The molecular formula is C19H37N3OSi2. The average Bonchev–Trinajstić information content (AvgIpc) is 2.41. The molecule has 0 saturated carbocycles. The highest BCUT2D eigenvalue weighted by molar-refractivity contribution is 6.82. The van der Waals surface area contributed by atoms with Gasteiger partial charge in [0.05, 0.1) is 26.1 Å². The smallest absolute Gasteiger partial charge is 0.154 e. The van der Waals surface area contributed by atoms with Gasteiger partial charge in [-0.05, 0) is 37.1 Å². The van der Waals surface area contributed by atoms with Crippen LogP contribution in [0.3, 0.4) is 0 Å². The van der Waals surface area contributed by atoms with Crippen molar-refractivity contribution in [2.75, 3.05) is 30.9 Å². The van der Waals surface area contributed by atoms with Gasteiger partial charge in [-0.3, -0.25) is 4.99 Å². The molecule has 0 atom stereocenters. The van der Waals surface area contributed by atoms with Gasteiger partial charge in [0, 0.05) is 12.2 Å². The van der Waals surface area contributed by atoms with Gasteiger partial charge in [-0.2, -0.15) is 0 Å². The molecule has 1 rings (SSSR count). The van der Waals surface area contributed by atoms with E-state index in [1.165, 1.54) is 16.8 Å². The van der Waals surface area contributed by atoms with Gasteiger partial charge in [0.2, 0.25) is 0 Å². The van der Waals surface area contributed by atoms with E-state index in [1.807, 2.05) is 6.34 Å². The maximum atomic E-state index is 5.68. The third kappa shape index (κ3) is 9.35. The van der Waals surface area contributed by atoms with E-state index in [0.717, 1.165) is 13.2 Å².